The molecule has 0 spiro atoms. The van der Waals surface area contributed by atoms with E-state index in [1.807, 2.05) is 14.0 Å². The summed E-state index contributed by atoms with van der Waals surface area (Å²) >= 11 is 0. The SMILES string of the molecule is CC(C)CN(C)C(=O)CC(C)CN. The van der Waals surface area contributed by atoms with Gasteiger partial charge < -0.3 is 10.6 Å². The first kappa shape index (κ1) is 12.4. The lowest BCUT2D eigenvalue weighted by molar-refractivity contribution is -0.131. The van der Waals surface area contributed by atoms with Crippen LogP contribution in [0.4, 0.5) is 0 Å². The number of nitrogens with two attached hydrogens (primary N) is 1. The van der Waals surface area contributed by atoms with Crippen LogP contribution in [0.5, 0.6) is 0 Å². The van der Waals surface area contributed by atoms with Crippen LogP contribution in [0.15, 0.2) is 0 Å². The average Bonchev–Trinajstić information content (AvgIpc) is 2.02. The third kappa shape index (κ3) is 5.64. The van der Waals surface area contributed by atoms with E-state index in [4.69, 9.17) is 5.73 Å². The summed E-state index contributed by atoms with van der Waals surface area (Å²) in [6.45, 7) is 7.63. The van der Waals surface area contributed by atoms with E-state index in [0.717, 1.165) is 6.54 Å². The smallest absolute Gasteiger partial charge is 0.222 e. The molecule has 0 saturated carbocycles. The molecule has 2 N–H and O–H groups in total. The van der Waals surface area contributed by atoms with Gasteiger partial charge in [-0.05, 0) is 18.4 Å². The van der Waals surface area contributed by atoms with Crippen molar-refractivity contribution in [3.05, 3.63) is 0 Å². The molecule has 13 heavy (non-hydrogen) atoms. The summed E-state index contributed by atoms with van der Waals surface area (Å²) in [6.07, 6.45) is 0.569. The second kappa shape index (κ2) is 5.97. The van der Waals surface area contributed by atoms with E-state index in [2.05, 4.69) is 13.8 Å². The molecule has 0 bridgehead atoms. The Hall–Kier alpha value is -0.570. The first-order valence-corrected chi connectivity index (χ1v) is 4.91. The zero-order valence-electron chi connectivity index (χ0n) is 9.21. The Morgan fingerprint density at radius 3 is 2.31 bits per heavy atom. The molecule has 0 saturated heterocycles. The van der Waals surface area contributed by atoms with Gasteiger partial charge in [0, 0.05) is 20.0 Å². The van der Waals surface area contributed by atoms with E-state index < -0.39 is 0 Å². The van der Waals surface area contributed by atoms with E-state index in [0.29, 0.717) is 24.8 Å². The van der Waals surface area contributed by atoms with Gasteiger partial charge in [0.2, 0.25) is 5.91 Å². The molecule has 1 amide bonds. The molecule has 1 atom stereocenters. The zero-order chi connectivity index (χ0) is 10.4. The van der Waals surface area contributed by atoms with Gasteiger partial charge in [0.25, 0.3) is 0 Å². The lowest BCUT2D eigenvalue weighted by Crippen LogP contribution is -2.32. The Morgan fingerprint density at radius 1 is 1.38 bits per heavy atom. The molecule has 0 aliphatic carbocycles. The Labute approximate surface area is 81.3 Å². The van der Waals surface area contributed by atoms with Crippen LogP contribution in [0.3, 0.4) is 0 Å². The Bertz CT molecular complexity index is 157. The van der Waals surface area contributed by atoms with E-state index in [1.54, 1.807) is 4.90 Å². The van der Waals surface area contributed by atoms with Crippen molar-refractivity contribution in [3.63, 3.8) is 0 Å². The van der Waals surface area contributed by atoms with Crippen LogP contribution in [0.25, 0.3) is 0 Å². The molecule has 0 rings (SSSR count). The molecular formula is C10H22N2O. The van der Waals surface area contributed by atoms with Gasteiger partial charge in [-0.15, -0.1) is 0 Å². The molecule has 78 valence electrons. The van der Waals surface area contributed by atoms with E-state index >= 15 is 0 Å². The lowest BCUT2D eigenvalue weighted by Gasteiger charge is -2.20. The second-order valence-corrected chi connectivity index (χ2v) is 4.21. The third-order valence-electron chi connectivity index (χ3n) is 1.99. The van der Waals surface area contributed by atoms with Crippen LogP contribution in [-0.4, -0.2) is 30.9 Å². The fourth-order valence-electron chi connectivity index (χ4n) is 1.19. The number of carbonyl (C=O) groups excluding carboxylic acids is 1. The van der Waals surface area contributed by atoms with E-state index in [9.17, 15) is 4.79 Å². The molecule has 0 aliphatic heterocycles. The van der Waals surface area contributed by atoms with Gasteiger partial charge >= 0.3 is 0 Å². The zero-order valence-corrected chi connectivity index (χ0v) is 9.21. The Balaban J connectivity index is 3.82. The topological polar surface area (TPSA) is 46.3 Å². The maximum absolute atomic E-state index is 11.5. The molecule has 0 fully saturated rings. The summed E-state index contributed by atoms with van der Waals surface area (Å²) in [6, 6.07) is 0. The van der Waals surface area contributed by atoms with Crippen molar-refractivity contribution in [2.24, 2.45) is 17.6 Å². The monoisotopic (exact) mass is 186 g/mol. The number of hydrogen-bond donors (Lipinski definition) is 1. The van der Waals surface area contributed by atoms with Crippen molar-refractivity contribution < 1.29 is 4.79 Å². The minimum atomic E-state index is 0.201. The van der Waals surface area contributed by atoms with Crippen LogP contribution < -0.4 is 5.73 Å². The van der Waals surface area contributed by atoms with Crippen molar-refractivity contribution in [3.8, 4) is 0 Å². The largest absolute Gasteiger partial charge is 0.345 e. The molecule has 0 aromatic rings. The number of rotatable bonds is 5. The molecule has 0 heterocycles. The quantitative estimate of drug-likeness (QED) is 0.698. The molecule has 0 aromatic carbocycles. The summed E-state index contributed by atoms with van der Waals surface area (Å²) in [5.74, 6) is 1.02. The lowest BCUT2D eigenvalue weighted by atomic mass is 10.1. The van der Waals surface area contributed by atoms with Gasteiger partial charge in [0.15, 0.2) is 0 Å². The first-order chi connectivity index (χ1) is 5.97. The van der Waals surface area contributed by atoms with Crippen molar-refractivity contribution in [2.45, 2.75) is 27.2 Å². The van der Waals surface area contributed by atoms with Crippen LogP contribution in [0.2, 0.25) is 0 Å². The summed E-state index contributed by atoms with van der Waals surface area (Å²) in [7, 11) is 1.85. The maximum atomic E-state index is 11.5. The average molecular weight is 186 g/mol. The minimum absolute atomic E-state index is 0.201. The normalized spacial score (nSPS) is 13.1. The highest BCUT2D eigenvalue weighted by Crippen LogP contribution is 2.04. The Kier molecular flexibility index (Phi) is 5.71. The van der Waals surface area contributed by atoms with Crippen LogP contribution in [-0.2, 0) is 4.79 Å². The van der Waals surface area contributed by atoms with Gasteiger partial charge in [-0.3, -0.25) is 4.79 Å². The number of amides is 1. The molecule has 0 radical (unpaired) electrons. The highest BCUT2D eigenvalue weighted by atomic mass is 16.2. The second-order valence-electron chi connectivity index (χ2n) is 4.21. The van der Waals surface area contributed by atoms with Gasteiger partial charge in [-0.1, -0.05) is 20.8 Å². The summed E-state index contributed by atoms with van der Waals surface area (Å²) in [5, 5.41) is 0. The molecule has 0 aromatic heterocycles. The number of hydrogen-bond acceptors (Lipinski definition) is 2. The third-order valence-corrected chi connectivity index (χ3v) is 1.99. The minimum Gasteiger partial charge on any atom is -0.345 e. The summed E-state index contributed by atoms with van der Waals surface area (Å²) < 4.78 is 0. The number of nitrogens with zero attached hydrogens (tertiary/aromatic N) is 1. The van der Waals surface area contributed by atoms with Gasteiger partial charge in [-0.25, -0.2) is 0 Å². The maximum Gasteiger partial charge on any atom is 0.222 e. The van der Waals surface area contributed by atoms with Gasteiger partial charge in [0.1, 0.15) is 0 Å². The number of carbonyl (C=O) groups is 1. The van der Waals surface area contributed by atoms with E-state index in [-0.39, 0.29) is 5.91 Å². The first-order valence-electron chi connectivity index (χ1n) is 4.91. The van der Waals surface area contributed by atoms with Crippen LogP contribution >= 0.6 is 0 Å². The fraction of sp³-hybridized carbons (Fsp3) is 0.900. The van der Waals surface area contributed by atoms with Gasteiger partial charge in [0.05, 0.1) is 0 Å². The van der Waals surface area contributed by atoms with E-state index in [1.165, 1.54) is 0 Å². The molecular weight excluding hydrogens is 164 g/mol. The summed E-state index contributed by atoms with van der Waals surface area (Å²) in [5.41, 5.74) is 5.45. The van der Waals surface area contributed by atoms with Gasteiger partial charge in [-0.2, -0.15) is 0 Å². The predicted octanol–water partition coefficient (Wildman–Crippen LogP) is 1.09. The fourth-order valence-corrected chi connectivity index (χ4v) is 1.19. The van der Waals surface area contributed by atoms with Crippen molar-refractivity contribution in [1.82, 2.24) is 4.90 Å². The van der Waals surface area contributed by atoms with Crippen molar-refractivity contribution in [2.75, 3.05) is 20.1 Å². The van der Waals surface area contributed by atoms with Crippen molar-refractivity contribution >= 4 is 5.91 Å². The van der Waals surface area contributed by atoms with Crippen LogP contribution in [0, 0.1) is 11.8 Å². The molecule has 1 unspecified atom stereocenters. The molecule has 3 heteroatoms. The molecule has 0 aliphatic rings. The standard InChI is InChI=1S/C10H22N2O/c1-8(2)7-12(4)10(13)5-9(3)6-11/h8-9H,5-7,11H2,1-4H3. The highest BCUT2D eigenvalue weighted by molar-refractivity contribution is 5.76. The molecule has 3 nitrogen and oxygen atoms in total. The predicted molar refractivity (Wildman–Crippen MR) is 55.3 cm³/mol. The van der Waals surface area contributed by atoms with Crippen LogP contribution in [0.1, 0.15) is 27.2 Å². The van der Waals surface area contributed by atoms with Crippen molar-refractivity contribution in [1.29, 1.82) is 0 Å². The Morgan fingerprint density at radius 2 is 1.92 bits per heavy atom. The summed E-state index contributed by atoms with van der Waals surface area (Å²) in [4.78, 5) is 13.3. The highest BCUT2D eigenvalue weighted by Gasteiger charge is 2.12.